The van der Waals surface area contributed by atoms with Gasteiger partial charge in [0.15, 0.2) is 0 Å². The molecule has 0 saturated carbocycles. The van der Waals surface area contributed by atoms with E-state index in [4.69, 9.17) is 29.6 Å². The first-order valence-electron chi connectivity index (χ1n) is 14.2. The Labute approximate surface area is 304 Å². The molecule has 0 heterocycles. The molecule has 4 aromatic rings. The highest BCUT2D eigenvalue weighted by Crippen LogP contribution is 2.35. The van der Waals surface area contributed by atoms with Crippen LogP contribution in [0.3, 0.4) is 0 Å². The maximum Gasteiger partial charge on any atom is 0.254 e. The van der Waals surface area contributed by atoms with Crippen molar-refractivity contribution in [2.24, 2.45) is 10.3 Å². The van der Waals surface area contributed by atoms with Gasteiger partial charge >= 0.3 is 0 Å². The number of methoxy groups -OCH3 is 2. The molecule has 276 valence electrons. The molecule has 0 spiro atoms. The van der Waals surface area contributed by atoms with Crippen LogP contribution in [0.2, 0.25) is 0 Å². The van der Waals surface area contributed by atoms with E-state index in [1.165, 1.54) is 44.1 Å². The number of rotatable bonds is 10. The average molecular weight is 785 g/mol. The van der Waals surface area contributed by atoms with Crippen LogP contribution in [0.15, 0.2) is 92.4 Å². The lowest BCUT2D eigenvalue weighted by atomic mass is 10.2. The molecule has 0 aromatic heterocycles. The lowest BCUT2D eigenvalue weighted by Gasteiger charge is -2.13. The van der Waals surface area contributed by atoms with Crippen molar-refractivity contribution >= 4 is 55.4 Å². The summed E-state index contributed by atoms with van der Waals surface area (Å²) in [5.74, 6) is 0.228. The fourth-order valence-electron chi connectivity index (χ4n) is 3.91. The summed E-state index contributed by atoms with van der Waals surface area (Å²) < 4.78 is 74.1. The Morgan fingerprint density at radius 2 is 1.16 bits per heavy atom. The number of benzene rings is 4. The summed E-state index contributed by atoms with van der Waals surface area (Å²) >= 11 is 3.12. The highest BCUT2D eigenvalue weighted by atomic mass is 32.2. The number of primary sulfonamides is 2. The van der Waals surface area contributed by atoms with E-state index in [2.05, 4.69) is 10.6 Å². The smallest absolute Gasteiger partial charge is 0.254 e. The lowest BCUT2D eigenvalue weighted by molar-refractivity contribution is 0.0951. The summed E-state index contributed by atoms with van der Waals surface area (Å²) in [6, 6.07) is 16.9. The summed E-state index contributed by atoms with van der Waals surface area (Å²) in [4.78, 5) is 24.7. The number of hydrogen-bond donors (Lipinski definition) is 5. The third-order valence-electron chi connectivity index (χ3n) is 6.44. The quantitative estimate of drug-likeness (QED) is 0.143. The molecule has 0 unspecified atom stereocenters. The summed E-state index contributed by atoms with van der Waals surface area (Å²) in [5, 5.41) is 23.7. The second-order valence-corrected chi connectivity index (χ2v) is 14.5. The van der Waals surface area contributed by atoms with Gasteiger partial charge in [-0.1, -0.05) is 0 Å². The number of sulfonamides is 2. The Kier molecular flexibility index (Phi) is 16.0. The molecule has 2 amide bonds. The molecule has 0 saturated heterocycles. The molecule has 19 heteroatoms. The first-order chi connectivity index (χ1) is 23.9. The molecule has 4 rings (SSSR count). The molecule has 14 nitrogen and oxygen atoms in total. The third kappa shape index (κ3) is 12.3. The molecule has 0 atom stereocenters. The van der Waals surface area contributed by atoms with Crippen LogP contribution in [-0.4, -0.2) is 74.6 Å². The number of carbonyl (C=O) groups excluding carboxylic acids is 2. The Morgan fingerprint density at radius 3 is 1.65 bits per heavy atom. The predicted octanol–water partition coefficient (Wildman–Crippen LogP) is 4.17. The lowest BCUT2D eigenvalue weighted by Crippen LogP contribution is -2.20. The third-order valence-corrected chi connectivity index (χ3v) is 9.82. The van der Waals surface area contributed by atoms with E-state index in [0.717, 1.165) is 33.7 Å². The Morgan fingerprint density at radius 1 is 0.686 bits per heavy atom. The van der Waals surface area contributed by atoms with E-state index >= 15 is 0 Å². The highest BCUT2D eigenvalue weighted by Gasteiger charge is 2.18. The summed E-state index contributed by atoms with van der Waals surface area (Å²) in [5.41, 5.74) is -0.300. The Balaban J connectivity index is 0.000000293. The zero-order chi connectivity index (χ0) is 38.5. The van der Waals surface area contributed by atoms with E-state index in [9.17, 15) is 30.8 Å². The normalized spacial score (nSPS) is 10.8. The van der Waals surface area contributed by atoms with Gasteiger partial charge in [0, 0.05) is 36.0 Å². The fraction of sp³-hybridized carbons (Fsp3) is 0.188. The maximum atomic E-state index is 13.1. The molecule has 51 heavy (non-hydrogen) atoms. The number of phenols is 1. The first-order valence-corrected chi connectivity index (χ1v) is 19.7. The van der Waals surface area contributed by atoms with Crippen molar-refractivity contribution in [3.63, 3.8) is 0 Å². The molecule has 0 bridgehead atoms. The van der Waals surface area contributed by atoms with E-state index in [-0.39, 0.29) is 32.4 Å². The van der Waals surface area contributed by atoms with Crippen LogP contribution in [0, 0.1) is 5.82 Å². The van der Waals surface area contributed by atoms with E-state index in [1.54, 1.807) is 50.2 Å². The molecular weight excluding hydrogens is 748 g/mol. The number of hydrogen-bond acceptors (Lipinski definition) is 12. The first kappa shape index (κ1) is 42.6. The van der Waals surface area contributed by atoms with Crippen molar-refractivity contribution in [1.29, 1.82) is 0 Å². The van der Waals surface area contributed by atoms with Crippen LogP contribution in [0.1, 0.15) is 20.7 Å². The number of nitrogens with one attached hydrogen (secondary N) is 2. The van der Waals surface area contributed by atoms with Crippen molar-refractivity contribution in [1.82, 2.24) is 10.6 Å². The summed E-state index contributed by atoms with van der Waals surface area (Å²) in [7, 11) is -1.97. The SMILES string of the molecule is CNC(=O)c1cc(S(N)(=O)=O)ccc1F.CNC(=O)c1cc(S(N)(=O)=O)ccc1Oc1ccc(SC)c(OC)c1.COc1cc(O)ccc1SC. The zero-order valence-corrected chi connectivity index (χ0v) is 31.5. The van der Waals surface area contributed by atoms with Crippen LogP contribution in [-0.2, 0) is 20.0 Å². The number of halogens is 1. The van der Waals surface area contributed by atoms with Crippen LogP contribution in [0.25, 0.3) is 0 Å². The highest BCUT2D eigenvalue weighted by molar-refractivity contribution is 7.99. The predicted molar refractivity (Wildman–Crippen MR) is 194 cm³/mol. The standard InChI is InChI=1S/C16H18N2O5S2.C8H9FN2O3S.C8H10O2S/c1-18-16(19)12-9-11(25(17,20)21)5-6-13(12)23-10-4-7-15(24-3)14(8-10)22-2;1-11-8(12)6-4-5(15(10,13)14)2-3-7(6)9;1-10-7-5-6(9)3-4-8(7)11-2/h4-9H,1-3H3,(H,18,19)(H2,17,20,21);2-4H,1H3,(H,11,12)(H2,10,13,14);3-5,9H,1-2H3. The summed E-state index contributed by atoms with van der Waals surface area (Å²) in [6.45, 7) is 0. The minimum Gasteiger partial charge on any atom is -0.508 e. The molecular formula is C32H37FN4O10S4. The monoisotopic (exact) mass is 784 g/mol. The van der Waals surface area contributed by atoms with Gasteiger partial charge in [-0.2, -0.15) is 0 Å². The number of thioether (sulfide) groups is 2. The zero-order valence-electron chi connectivity index (χ0n) is 28.2. The molecule has 4 aromatic carbocycles. The van der Waals surface area contributed by atoms with E-state index in [0.29, 0.717) is 11.5 Å². The van der Waals surface area contributed by atoms with Crippen LogP contribution in [0.4, 0.5) is 4.39 Å². The van der Waals surface area contributed by atoms with Crippen LogP contribution >= 0.6 is 23.5 Å². The van der Waals surface area contributed by atoms with Crippen molar-refractivity contribution in [2.75, 3.05) is 40.8 Å². The summed E-state index contributed by atoms with van der Waals surface area (Å²) in [6.07, 6.45) is 3.89. The molecule has 0 fully saturated rings. The van der Waals surface area contributed by atoms with Gasteiger partial charge in [0.05, 0.1) is 35.1 Å². The Hall–Kier alpha value is -4.53. The number of aromatic hydroxyl groups is 1. The van der Waals surface area contributed by atoms with Gasteiger partial charge in [-0.15, -0.1) is 23.5 Å². The van der Waals surface area contributed by atoms with Crippen molar-refractivity contribution in [3.05, 3.63) is 89.7 Å². The van der Waals surface area contributed by atoms with E-state index in [1.807, 2.05) is 24.6 Å². The molecule has 0 aliphatic heterocycles. The van der Waals surface area contributed by atoms with Crippen molar-refractivity contribution < 1.29 is 50.1 Å². The van der Waals surface area contributed by atoms with Gasteiger partial charge in [-0.3, -0.25) is 9.59 Å². The minimum atomic E-state index is -3.93. The topological polar surface area (TPSA) is 226 Å². The van der Waals surface area contributed by atoms with Crippen molar-refractivity contribution in [3.8, 4) is 28.7 Å². The van der Waals surface area contributed by atoms with Gasteiger partial charge in [0.1, 0.15) is 34.6 Å². The largest absolute Gasteiger partial charge is 0.508 e. The van der Waals surface area contributed by atoms with Gasteiger partial charge in [0.2, 0.25) is 20.0 Å². The second kappa shape index (κ2) is 19.2. The van der Waals surface area contributed by atoms with Crippen LogP contribution in [0.5, 0.6) is 28.7 Å². The fourth-order valence-corrected chi connectivity index (χ4v) is 6.08. The molecule has 0 aliphatic carbocycles. The van der Waals surface area contributed by atoms with Gasteiger partial charge in [0.25, 0.3) is 11.8 Å². The Bertz CT molecular complexity index is 2080. The second-order valence-electron chi connectivity index (χ2n) is 9.71. The molecule has 0 aliphatic rings. The molecule has 7 N–H and O–H groups in total. The number of nitrogens with two attached hydrogens (primary N) is 2. The number of phenolic OH excluding ortho intramolecular Hbond substituents is 1. The van der Waals surface area contributed by atoms with Gasteiger partial charge in [-0.05, 0) is 73.2 Å². The van der Waals surface area contributed by atoms with Crippen molar-refractivity contribution in [2.45, 2.75) is 19.6 Å². The van der Waals surface area contributed by atoms with Gasteiger partial charge in [-0.25, -0.2) is 31.5 Å². The number of carbonyl (C=O) groups is 2. The average Bonchev–Trinajstić information content (AvgIpc) is 3.10. The van der Waals surface area contributed by atoms with E-state index < -0.39 is 37.7 Å². The van der Waals surface area contributed by atoms with Gasteiger partial charge < -0.3 is 30.0 Å². The number of ether oxygens (including phenoxy) is 3. The number of amides is 2. The van der Waals surface area contributed by atoms with Crippen LogP contribution < -0.4 is 35.1 Å². The minimum absolute atomic E-state index is 0.0573. The maximum absolute atomic E-state index is 13.1. The molecule has 0 radical (unpaired) electrons.